The number of halogens is 1. The van der Waals surface area contributed by atoms with Gasteiger partial charge < -0.3 is 14.9 Å². The molecule has 1 saturated heterocycles. The number of likely N-dealkylation sites (N-methyl/N-ethyl adjacent to an activating group) is 1. The van der Waals surface area contributed by atoms with Gasteiger partial charge >= 0.3 is 0 Å². The van der Waals surface area contributed by atoms with E-state index in [1.165, 1.54) is 25.9 Å². The third-order valence-electron chi connectivity index (χ3n) is 2.70. The second-order valence-corrected chi connectivity index (χ2v) is 4.43. The first-order valence-electron chi connectivity index (χ1n) is 5.37. The van der Waals surface area contributed by atoms with Crippen molar-refractivity contribution in [3.05, 3.63) is 0 Å². The predicted molar refractivity (Wildman–Crippen MR) is 59.9 cm³/mol. The molecule has 0 aliphatic carbocycles. The van der Waals surface area contributed by atoms with E-state index in [1.54, 1.807) is 0 Å². The standard InChI is InChI=1S/C10H21ClN2O/c1-12(9-10(14)8-11)6-7-13-4-2-3-5-13/h10,14H,2-9H2,1H3. The minimum absolute atomic E-state index is 0.327. The molecule has 1 fully saturated rings. The summed E-state index contributed by atoms with van der Waals surface area (Å²) in [6.07, 6.45) is 2.29. The number of hydrogen-bond donors (Lipinski definition) is 1. The van der Waals surface area contributed by atoms with Crippen LogP contribution in [0.2, 0.25) is 0 Å². The van der Waals surface area contributed by atoms with Crippen LogP contribution in [0.15, 0.2) is 0 Å². The Bertz CT molecular complexity index is 151. The summed E-state index contributed by atoms with van der Waals surface area (Å²) in [4.78, 5) is 4.62. The zero-order chi connectivity index (χ0) is 10.4. The smallest absolute Gasteiger partial charge is 0.0802 e. The van der Waals surface area contributed by atoms with Crippen LogP contribution >= 0.6 is 11.6 Å². The van der Waals surface area contributed by atoms with Gasteiger partial charge in [0.1, 0.15) is 0 Å². The molecular weight excluding hydrogens is 200 g/mol. The van der Waals surface area contributed by atoms with Crippen LogP contribution in [-0.2, 0) is 0 Å². The Kier molecular flexibility index (Phi) is 5.78. The average Bonchev–Trinajstić information content (AvgIpc) is 2.67. The number of rotatable bonds is 6. The number of alkyl halides is 1. The van der Waals surface area contributed by atoms with E-state index in [1.807, 2.05) is 7.05 Å². The number of aliphatic hydroxyl groups is 1. The maximum atomic E-state index is 9.33. The van der Waals surface area contributed by atoms with Crippen molar-refractivity contribution in [3.8, 4) is 0 Å². The highest BCUT2D eigenvalue weighted by atomic mass is 35.5. The van der Waals surface area contributed by atoms with Crippen molar-refractivity contribution < 1.29 is 5.11 Å². The van der Waals surface area contributed by atoms with Gasteiger partial charge in [0.25, 0.3) is 0 Å². The Hall–Kier alpha value is 0.170. The van der Waals surface area contributed by atoms with Crippen molar-refractivity contribution >= 4 is 11.6 Å². The monoisotopic (exact) mass is 220 g/mol. The molecule has 0 aromatic carbocycles. The van der Waals surface area contributed by atoms with Crippen molar-refractivity contribution in [2.24, 2.45) is 0 Å². The highest BCUT2D eigenvalue weighted by molar-refractivity contribution is 6.18. The lowest BCUT2D eigenvalue weighted by Crippen LogP contribution is -2.36. The number of nitrogens with zero attached hydrogens (tertiary/aromatic N) is 2. The first-order valence-corrected chi connectivity index (χ1v) is 5.90. The van der Waals surface area contributed by atoms with E-state index in [-0.39, 0.29) is 6.10 Å². The van der Waals surface area contributed by atoms with Crippen LogP contribution in [0.1, 0.15) is 12.8 Å². The summed E-state index contributed by atoms with van der Waals surface area (Å²) in [5.41, 5.74) is 0. The third kappa shape index (κ3) is 4.60. The lowest BCUT2D eigenvalue weighted by atomic mass is 10.3. The number of aliphatic hydroxyl groups excluding tert-OH is 1. The Morgan fingerprint density at radius 3 is 2.64 bits per heavy atom. The van der Waals surface area contributed by atoms with Crippen LogP contribution in [0.3, 0.4) is 0 Å². The lowest BCUT2D eigenvalue weighted by molar-refractivity contribution is 0.137. The van der Waals surface area contributed by atoms with E-state index in [9.17, 15) is 5.11 Å². The molecule has 1 aliphatic rings. The van der Waals surface area contributed by atoms with Crippen molar-refractivity contribution in [1.29, 1.82) is 0 Å². The topological polar surface area (TPSA) is 26.7 Å². The molecule has 1 aliphatic heterocycles. The second-order valence-electron chi connectivity index (χ2n) is 4.12. The van der Waals surface area contributed by atoms with Gasteiger partial charge in [0, 0.05) is 25.5 Å². The van der Waals surface area contributed by atoms with Gasteiger partial charge in [0.15, 0.2) is 0 Å². The number of likely N-dealkylation sites (tertiary alicyclic amines) is 1. The summed E-state index contributed by atoms with van der Waals surface area (Å²) in [6.45, 7) is 5.30. The van der Waals surface area contributed by atoms with Crippen LogP contribution < -0.4 is 0 Å². The van der Waals surface area contributed by atoms with E-state index in [2.05, 4.69) is 9.80 Å². The van der Waals surface area contributed by atoms with Crippen LogP contribution in [0.25, 0.3) is 0 Å². The summed E-state index contributed by atoms with van der Waals surface area (Å²) in [5.74, 6) is 0.327. The van der Waals surface area contributed by atoms with Crippen molar-refractivity contribution in [3.63, 3.8) is 0 Å². The Morgan fingerprint density at radius 2 is 2.07 bits per heavy atom. The highest BCUT2D eigenvalue weighted by Gasteiger charge is 2.12. The van der Waals surface area contributed by atoms with Crippen molar-refractivity contribution in [1.82, 2.24) is 9.80 Å². The average molecular weight is 221 g/mol. The van der Waals surface area contributed by atoms with E-state index >= 15 is 0 Å². The SMILES string of the molecule is CN(CCN1CCCC1)CC(O)CCl. The first kappa shape index (κ1) is 12.2. The van der Waals surface area contributed by atoms with Crippen LogP contribution in [-0.4, -0.2) is 66.7 Å². The largest absolute Gasteiger partial charge is 0.391 e. The summed E-state index contributed by atoms with van der Waals surface area (Å²) >= 11 is 5.54. The molecule has 4 heteroatoms. The van der Waals surface area contributed by atoms with Crippen LogP contribution in [0.5, 0.6) is 0 Å². The molecule has 1 heterocycles. The molecule has 0 aromatic heterocycles. The van der Waals surface area contributed by atoms with Crippen molar-refractivity contribution in [2.45, 2.75) is 18.9 Å². The maximum Gasteiger partial charge on any atom is 0.0802 e. The van der Waals surface area contributed by atoms with Gasteiger partial charge in [-0.25, -0.2) is 0 Å². The summed E-state index contributed by atoms with van der Waals surface area (Å²) < 4.78 is 0. The van der Waals surface area contributed by atoms with E-state index in [0.717, 1.165) is 13.1 Å². The molecule has 0 spiro atoms. The molecule has 84 valence electrons. The fourth-order valence-corrected chi connectivity index (χ4v) is 1.92. The zero-order valence-electron chi connectivity index (χ0n) is 8.95. The summed E-state index contributed by atoms with van der Waals surface area (Å²) in [5, 5.41) is 9.33. The number of hydrogen-bond acceptors (Lipinski definition) is 3. The van der Waals surface area contributed by atoms with Gasteiger partial charge in [-0.3, -0.25) is 0 Å². The van der Waals surface area contributed by atoms with Crippen LogP contribution in [0.4, 0.5) is 0 Å². The molecule has 1 unspecified atom stereocenters. The van der Waals surface area contributed by atoms with Crippen LogP contribution in [0, 0.1) is 0 Å². The molecule has 1 rings (SSSR count). The van der Waals surface area contributed by atoms with Crippen molar-refractivity contribution in [2.75, 3.05) is 45.7 Å². The molecule has 14 heavy (non-hydrogen) atoms. The Morgan fingerprint density at radius 1 is 1.43 bits per heavy atom. The molecule has 1 N–H and O–H groups in total. The Labute approximate surface area is 91.6 Å². The van der Waals surface area contributed by atoms with E-state index in [4.69, 9.17) is 11.6 Å². The molecule has 0 saturated carbocycles. The zero-order valence-corrected chi connectivity index (χ0v) is 9.71. The predicted octanol–water partition coefficient (Wildman–Crippen LogP) is 0.614. The Balaban J connectivity index is 2.04. The van der Waals surface area contributed by atoms with Gasteiger partial charge in [0.05, 0.1) is 6.10 Å². The fraction of sp³-hybridized carbons (Fsp3) is 1.00. The minimum Gasteiger partial charge on any atom is -0.391 e. The molecule has 0 amide bonds. The van der Waals surface area contributed by atoms with Gasteiger partial charge in [-0.1, -0.05) is 0 Å². The van der Waals surface area contributed by atoms with E-state index in [0.29, 0.717) is 12.4 Å². The lowest BCUT2D eigenvalue weighted by Gasteiger charge is -2.22. The first-order chi connectivity index (χ1) is 6.72. The molecular formula is C10H21ClN2O. The minimum atomic E-state index is -0.389. The summed E-state index contributed by atoms with van der Waals surface area (Å²) in [6, 6.07) is 0. The molecule has 1 atom stereocenters. The fourth-order valence-electron chi connectivity index (χ4n) is 1.82. The van der Waals surface area contributed by atoms with E-state index < -0.39 is 0 Å². The summed E-state index contributed by atoms with van der Waals surface area (Å²) in [7, 11) is 2.03. The van der Waals surface area contributed by atoms with Gasteiger partial charge in [0.2, 0.25) is 0 Å². The molecule has 0 radical (unpaired) electrons. The van der Waals surface area contributed by atoms with Gasteiger partial charge in [-0.15, -0.1) is 11.6 Å². The highest BCUT2D eigenvalue weighted by Crippen LogP contribution is 2.06. The molecule has 3 nitrogen and oxygen atoms in total. The quantitative estimate of drug-likeness (QED) is 0.665. The second kappa shape index (κ2) is 6.62. The molecule has 0 bridgehead atoms. The third-order valence-corrected chi connectivity index (χ3v) is 3.05. The molecule has 0 aromatic rings. The van der Waals surface area contributed by atoms with Gasteiger partial charge in [-0.2, -0.15) is 0 Å². The maximum absolute atomic E-state index is 9.33. The van der Waals surface area contributed by atoms with Gasteiger partial charge in [-0.05, 0) is 33.0 Å². The normalized spacial score (nSPS) is 20.6.